The van der Waals surface area contributed by atoms with E-state index in [1.807, 2.05) is 4.72 Å². The van der Waals surface area contributed by atoms with E-state index in [0.29, 0.717) is 17.4 Å². The molecule has 0 atom stereocenters. The minimum absolute atomic E-state index is 0.139. The minimum Gasteiger partial charge on any atom is -0.478 e. The van der Waals surface area contributed by atoms with E-state index in [4.69, 9.17) is 5.11 Å². The van der Waals surface area contributed by atoms with Crippen LogP contribution in [0.3, 0.4) is 0 Å². The van der Waals surface area contributed by atoms with Crippen LogP contribution in [0, 0.1) is 12.7 Å². The van der Waals surface area contributed by atoms with Crippen molar-refractivity contribution < 1.29 is 22.7 Å². The Morgan fingerprint density at radius 3 is 2.57 bits per heavy atom. The molecule has 0 bridgehead atoms. The van der Waals surface area contributed by atoms with Crippen molar-refractivity contribution in [2.24, 2.45) is 0 Å². The summed E-state index contributed by atoms with van der Waals surface area (Å²) in [5.41, 5.74) is -0.571. The summed E-state index contributed by atoms with van der Waals surface area (Å²) >= 11 is 0.476. The van der Waals surface area contributed by atoms with Crippen molar-refractivity contribution in [3.63, 3.8) is 0 Å². The number of halogens is 1. The van der Waals surface area contributed by atoms with Gasteiger partial charge >= 0.3 is 10.8 Å². The molecule has 1 heterocycles. The van der Waals surface area contributed by atoms with Crippen LogP contribution in [0.5, 0.6) is 0 Å². The fourth-order valence-corrected chi connectivity index (χ4v) is 3.94. The largest absolute Gasteiger partial charge is 0.478 e. The Kier molecular flexibility index (Phi) is 3.83. The molecule has 0 saturated carbocycles. The van der Waals surface area contributed by atoms with Gasteiger partial charge in [-0.15, -0.1) is 0 Å². The quantitative estimate of drug-likeness (QED) is 0.782. The van der Waals surface area contributed by atoms with E-state index >= 15 is 0 Å². The second-order valence-electron chi connectivity index (χ2n) is 4.03. The summed E-state index contributed by atoms with van der Waals surface area (Å²) < 4.78 is 39.6. The first-order valence-electron chi connectivity index (χ1n) is 5.46. The highest BCUT2D eigenvalue weighted by molar-refractivity contribution is 7.94. The van der Waals surface area contributed by atoms with E-state index in [-0.39, 0.29) is 15.5 Å². The highest BCUT2D eigenvalue weighted by Crippen LogP contribution is 2.23. The van der Waals surface area contributed by atoms with E-state index in [9.17, 15) is 22.4 Å². The van der Waals surface area contributed by atoms with Crippen LogP contribution in [0.1, 0.15) is 16.1 Å². The number of benzene rings is 1. The molecule has 7 nitrogen and oxygen atoms in total. The number of thiazole rings is 1. The van der Waals surface area contributed by atoms with Gasteiger partial charge in [0.2, 0.25) is 0 Å². The maximum Gasteiger partial charge on any atom is 0.335 e. The molecule has 0 spiro atoms. The van der Waals surface area contributed by atoms with Crippen molar-refractivity contribution in [3.8, 4) is 0 Å². The van der Waals surface area contributed by atoms with Gasteiger partial charge in [-0.1, -0.05) is 11.3 Å². The van der Waals surface area contributed by atoms with Crippen LogP contribution < -0.4 is 9.60 Å². The first kappa shape index (κ1) is 15.2. The molecule has 0 fully saturated rings. The van der Waals surface area contributed by atoms with Crippen molar-refractivity contribution >= 4 is 33.0 Å². The molecule has 10 heteroatoms. The van der Waals surface area contributed by atoms with Gasteiger partial charge in [0.05, 0.1) is 11.3 Å². The molecular weight excluding hydrogens is 323 g/mol. The SMILES string of the molecule is Cc1[nH]c(=O)sc1S(=O)(=O)Nc1ccc(C(=O)O)cc1F. The first-order valence-corrected chi connectivity index (χ1v) is 7.76. The average Bonchev–Trinajstić information content (AvgIpc) is 2.71. The van der Waals surface area contributed by atoms with E-state index in [0.717, 1.165) is 12.1 Å². The number of aryl methyl sites for hydroxylation is 1. The van der Waals surface area contributed by atoms with Crippen LogP contribution in [0.25, 0.3) is 0 Å². The number of aromatic carboxylic acids is 1. The molecule has 1 aromatic heterocycles. The predicted molar refractivity (Wildman–Crippen MR) is 73.8 cm³/mol. The molecule has 0 radical (unpaired) electrons. The van der Waals surface area contributed by atoms with Gasteiger partial charge < -0.3 is 10.1 Å². The Bertz CT molecular complexity index is 869. The summed E-state index contributed by atoms with van der Waals surface area (Å²) in [5.74, 6) is -2.36. The van der Waals surface area contributed by atoms with E-state index in [2.05, 4.69) is 4.98 Å². The smallest absolute Gasteiger partial charge is 0.335 e. The minimum atomic E-state index is -4.13. The van der Waals surface area contributed by atoms with E-state index in [1.165, 1.54) is 6.92 Å². The van der Waals surface area contributed by atoms with Gasteiger partial charge in [0.1, 0.15) is 5.82 Å². The number of rotatable bonds is 4. The molecule has 0 aliphatic carbocycles. The van der Waals surface area contributed by atoms with Crippen molar-refractivity contribution in [3.05, 3.63) is 44.9 Å². The molecule has 0 aliphatic heterocycles. The number of aromatic amines is 1. The monoisotopic (exact) mass is 332 g/mol. The Morgan fingerprint density at radius 2 is 2.10 bits per heavy atom. The number of nitrogens with one attached hydrogen (secondary N) is 2. The molecule has 0 amide bonds. The fourth-order valence-electron chi connectivity index (χ4n) is 1.57. The number of hydrogen-bond donors (Lipinski definition) is 3. The van der Waals surface area contributed by atoms with Crippen LogP contribution in [0.2, 0.25) is 0 Å². The Balaban J connectivity index is 2.40. The third kappa shape index (κ3) is 3.11. The Morgan fingerprint density at radius 1 is 1.43 bits per heavy atom. The lowest BCUT2D eigenvalue weighted by atomic mass is 10.2. The van der Waals surface area contributed by atoms with Crippen molar-refractivity contribution in [1.29, 1.82) is 0 Å². The number of anilines is 1. The molecule has 0 unspecified atom stereocenters. The topological polar surface area (TPSA) is 116 Å². The lowest BCUT2D eigenvalue weighted by molar-refractivity contribution is 0.0696. The average molecular weight is 332 g/mol. The zero-order chi connectivity index (χ0) is 15.8. The molecule has 21 heavy (non-hydrogen) atoms. The highest BCUT2D eigenvalue weighted by Gasteiger charge is 2.22. The van der Waals surface area contributed by atoms with Gasteiger partial charge in [-0.3, -0.25) is 9.52 Å². The normalized spacial score (nSPS) is 11.3. The molecule has 2 rings (SSSR count). The molecule has 1 aromatic carbocycles. The van der Waals surface area contributed by atoms with Crippen LogP contribution in [-0.4, -0.2) is 24.5 Å². The second-order valence-corrected chi connectivity index (χ2v) is 6.89. The van der Waals surface area contributed by atoms with Crippen LogP contribution in [0.4, 0.5) is 10.1 Å². The summed E-state index contributed by atoms with van der Waals surface area (Å²) in [7, 11) is -4.13. The van der Waals surface area contributed by atoms with Gasteiger partial charge in [-0.05, 0) is 25.1 Å². The number of H-pyrrole nitrogens is 1. The third-order valence-corrected chi connectivity index (χ3v) is 5.46. The number of hydrogen-bond acceptors (Lipinski definition) is 5. The van der Waals surface area contributed by atoms with Crippen LogP contribution in [0.15, 0.2) is 27.2 Å². The van der Waals surface area contributed by atoms with Crippen LogP contribution >= 0.6 is 11.3 Å². The number of carboxylic acid groups (broad SMARTS) is 1. The number of aromatic nitrogens is 1. The van der Waals surface area contributed by atoms with Crippen molar-refractivity contribution in [2.45, 2.75) is 11.1 Å². The second kappa shape index (κ2) is 5.30. The molecular formula is C11H9FN2O5S2. The maximum absolute atomic E-state index is 13.7. The number of carbonyl (C=O) groups is 1. The van der Waals surface area contributed by atoms with E-state index < -0.39 is 32.4 Å². The Labute approximate surface area is 122 Å². The molecule has 0 saturated heterocycles. The van der Waals surface area contributed by atoms with E-state index in [1.54, 1.807) is 0 Å². The predicted octanol–water partition coefficient (Wildman–Crippen LogP) is 1.38. The lowest BCUT2D eigenvalue weighted by Crippen LogP contribution is -2.14. The molecule has 2 aromatic rings. The third-order valence-electron chi connectivity index (χ3n) is 2.49. The first-order chi connectivity index (χ1) is 9.70. The molecule has 112 valence electrons. The zero-order valence-corrected chi connectivity index (χ0v) is 12.1. The summed E-state index contributed by atoms with van der Waals surface area (Å²) in [5, 5.41) is 8.71. The van der Waals surface area contributed by atoms with Gasteiger partial charge in [-0.2, -0.15) is 0 Å². The summed E-state index contributed by atoms with van der Waals surface area (Å²) in [4.78, 5) is 23.6. The van der Waals surface area contributed by atoms with Crippen molar-refractivity contribution in [1.82, 2.24) is 4.98 Å². The summed E-state index contributed by atoms with van der Waals surface area (Å²) in [6.07, 6.45) is 0. The molecule has 3 N–H and O–H groups in total. The van der Waals surface area contributed by atoms with Crippen molar-refractivity contribution in [2.75, 3.05) is 4.72 Å². The fraction of sp³-hybridized carbons (Fsp3) is 0.0909. The molecule has 0 aliphatic rings. The number of carboxylic acids is 1. The summed E-state index contributed by atoms with van der Waals surface area (Å²) in [6, 6.07) is 2.77. The summed E-state index contributed by atoms with van der Waals surface area (Å²) in [6.45, 7) is 1.40. The number of sulfonamides is 1. The maximum atomic E-state index is 13.7. The Hall–Kier alpha value is -2.20. The lowest BCUT2D eigenvalue weighted by Gasteiger charge is -2.08. The van der Waals surface area contributed by atoms with Crippen LogP contribution in [-0.2, 0) is 10.0 Å². The standard InChI is InChI=1S/C11H9FN2O5S2/c1-5-10(20-11(17)13-5)21(18,19)14-8-3-2-6(9(15)16)4-7(8)12/h2-4,14H,1H3,(H,13,17)(H,15,16). The zero-order valence-electron chi connectivity index (χ0n) is 10.5. The van der Waals surface area contributed by atoms with Gasteiger partial charge in [0, 0.05) is 5.69 Å². The van der Waals surface area contributed by atoms with Gasteiger partial charge in [0.25, 0.3) is 10.0 Å². The highest BCUT2D eigenvalue weighted by atomic mass is 32.2. The van der Waals surface area contributed by atoms with Gasteiger partial charge in [0.15, 0.2) is 4.21 Å². The van der Waals surface area contributed by atoms with Gasteiger partial charge in [-0.25, -0.2) is 17.6 Å².